The van der Waals surface area contributed by atoms with Gasteiger partial charge in [0.15, 0.2) is 0 Å². The number of nitrogens with zero attached hydrogens (tertiary/aromatic N) is 5. The van der Waals surface area contributed by atoms with Crippen molar-refractivity contribution < 1.29 is 27.5 Å². The van der Waals surface area contributed by atoms with Gasteiger partial charge >= 0.3 is 12.3 Å². The van der Waals surface area contributed by atoms with Gasteiger partial charge in [0.2, 0.25) is 5.95 Å². The molecule has 1 aliphatic carbocycles. The van der Waals surface area contributed by atoms with E-state index in [9.17, 15) is 22.8 Å². The number of alkyl halides is 3. The number of halogens is 3. The molecule has 40 heavy (non-hydrogen) atoms. The summed E-state index contributed by atoms with van der Waals surface area (Å²) in [6.07, 6.45) is 0.957. The van der Waals surface area contributed by atoms with Crippen molar-refractivity contribution in [2.75, 3.05) is 63.5 Å². The molecule has 1 saturated heterocycles. The minimum Gasteiger partial charge on any atom is -0.418 e. The molecule has 2 amide bonds. The van der Waals surface area contributed by atoms with Crippen LogP contribution < -0.4 is 10.6 Å². The molecule has 10 nitrogen and oxygen atoms in total. The lowest BCUT2D eigenvalue weighted by molar-refractivity contribution is -0.137. The van der Waals surface area contributed by atoms with Crippen molar-refractivity contribution in [1.82, 2.24) is 24.7 Å². The average Bonchev–Trinajstić information content (AvgIpc) is 3.77. The molecule has 3 aliphatic rings. The summed E-state index contributed by atoms with van der Waals surface area (Å²) in [6.45, 7) is 3.85. The van der Waals surface area contributed by atoms with Gasteiger partial charge in [0.05, 0.1) is 6.26 Å². The highest BCUT2D eigenvalue weighted by molar-refractivity contribution is 5.95. The Balaban J connectivity index is 1.29. The third kappa shape index (κ3) is 6.64. The first-order valence-corrected chi connectivity index (χ1v) is 13.4. The van der Waals surface area contributed by atoms with Crippen LogP contribution in [-0.4, -0.2) is 89.5 Å². The van der Waals surface area contributed by atoms with Gasteiger partial charge in [-0.3, -0.25) is 4.79 Å². The van der Waals surface area contributed by atoms with E-state index < -0.39 is 17.8 Å². The fraction of sp³-hybridized carbons (Fsp3) is 0.481. The second-order valence-corrected chi connectivity index (χ2v) is 10.2. The number of aromatic nitrogens is 2. The Morgan fingerprint density at radius 2 is 1.95 bits per heavy atom. The lowest BCUT2D eigenvalue weighted by Crippen LogP contribution is -2.47. The van der Waals surface area contributed by atoms with Crippen LogP contribution in [0.25, 0.3) is 0 Å². The summed E-state index contributed by atoms with van der Waals surface area (Å²) >= 11 is 0. The molecule has 0 radical (unpaired) electrons. The van der Waals surface area contributed by atoms with Crippen molar-refractivity contribution in [2.24, 2.45) is 0 Å². The largest absolute Gasteiger partial charge is 0.421 e. The molecule has 1 aromatic carbocycles. The summed E-state index contributed by atoms with van der Waals surface area (Å²) in [7, 11) is 2.03. The number of benzene rings is 1. The summed E-state index contributed by atoms with van der Waals surface area (Å²) < 4.78 is 45.8. The van der Waals surface area contributed by atoms with E-state index in [0.717, 1.165) is 37.7 Å². The molecule has 1 saturated carbocycles. The van der Waals surface area contributed by atoms with Crippen LogP contribution in [0.1, 0.15) is 46.7 Å². The van der Waals surface area contributed by atoms with E-state index in [2.05, 4.69) is 25.5 Å². The van der Waals surface area contributed by atoms with E-state index in [0.29, 0.717) is 43.9 Å². The van der Waals surface area contributed by atoms with Gasteiger partial charge < -0.3 is 30.1 Å². The van der Waals surface area contributed by atoms with Gasteiger partial charge in [-0.2, -0.15) is 18.2 Å². The molecule has 2 aliphatic heterocycles. The molecule has 5 rings (SSSR count). The van der Waals surface area contributed by atoms with Crippen LogP contribution in [0, 0.1) is 0 Å². The predicted molar refractivity (Wildman–Crippen MR) is 142 cm³/mol. The second kappa shape index (κ2) is 11.7. The fourth-order valence-corrected chi connectivity index (χ4v) is 4.72. The van der Waals surface area contributed by atoms with Crippen molar-refractivity contribution in [3.63, 3.8) is 0 Å². The zero-order chi connectivity index (χ0) is 28.3. The number of nitrogens with one attached hydrogen (secondary N) is 2. The van der Waals surface area contributed by atoms with Gasteiger partial charge in [0.1, 0.15) is 11.4 Å². The SMILES string of the molecule is CN1CCN(C(=O)c2ccc(Nc3ncc(C(F)(F)F)c(NCCCN4CC=COC4=O)n3)c(C3CC3)c2)CC1. The highest BCUT2D eigenvalue weighted by Gasteiger charge is 2.35. The van der Waals surface area contributed by atoms with Gasteiger partial charge in [0, 0.05) is 63.3 Å². The number of amides is 2. The van der Waals surface area contributed by atoms with Crippen LogP contribution in [0.15, 0.2) is 36.7 Å². The first-order chi connectivity index (χ1) is 19.2. The summed E-state index contributed by atoms with van der Waals surface area (Å²) in [5, 5.41) is 5.83. The maximum Gasteiger partial charge on any atom is 0.421 e. The van der Waals surface area contributed by atoms with Crippen molar-refractivity contribution in [2.45, 2.75) is 31.4 Å². The van der Waals surface area contributed by atoms with Crippen LogP contribution in [0.4, 0.5) is 35.4 Å². The third-order valence-electron chi connectivity index (χ3n) is 7.19. The Bertz CT molecular complexity index is 1270. The minimum absolute atomic E-state index is 0.0142. The summed E-state index contributed by atoms with van der Waals surface area (Å²) in [6, 6.07) is 5.39. The highest BCUT2D eigenvalue weighted by Crippen LogP contribution is 2.44. The maximum atomic E-state index is 13.7. The van der Waals surface area contributed by atoms with Gasteiger partial charge in [-0.15, -0.1) is 0 Å². The monoisotopic (exact) mass is 559 g/mol. The van der Waals surface area contributed by atoms with Crippen molar-refractivity contribution in [3.05, 3.63) is 53.4 Å². The lowest BCUT2D eigenvalue weighted by Gasteiger charge is -2.32. The standard InChI is InChI=1S/C27H32F3N7O3/c1-35-11-13-36(14-12-35)24(38)19-6-7-22(20(16-19)18-4-5-18)33-25-32-17-21(27(28,29)30)23(34-25)31-8-2-9-37-10-3-15-40-26(37)39/h3,6-7,15-18H,2,4-5,8-14H2,1H3,(H2,31,32,33,34). The predicted octanol–water partition coefficient (Wildman–Crippen LogP) is 4.27. The number of likely N-dealkylation sites (N-methyl/N-ethyl adjacent to an activating group) is 1. The van der Waals surface area contributed by atoms with E-state index in [1.807, 2.05) is 18.0 Å². The van der Waals surface area contributed by atoms with Crippen molar-refractivity contribution >= 4 is 29.5 Å². The highest BCUT2D eigenvalue weighted by atomic mass is 19.4. The molecule has 214 valence electrons. The molecule has 2 N–H and O–H groups in total. The first-order valence-electron chi connectivity index (χ1n) is 13.4. The lowest BCUT2D eigenvalue weighted by atomic mass is 10.0. The van der Waals surface area contributed by atoms with E-state index in [-0.39, 0.29) is 30.1 Å². The topological polar surface area (TPSA) is 103 Å². The van der Waals surface area contributed by atoms with Crippen molar-refractivity contribution in [1.29, 1.82) is 0 Å². The number of hydrogen-bond acceptors (Lipinski definition) is 8. The number of rotatable bonds is 9. The van der Waals surface area contributed by atoms with E-state index in [1.54, 1.807) is 18.2 Å². The number of ether oxygens (including phenoxy) is 1. The van der Waals surface area contributed by atoms with Gasteiger partial charge in [-0.25, -0.2) is 9.78 Å². The molecular formula is C27H32F3N7O3. The molecule has 0 bridgehead atoms. The summed E-state index contributed by atoms with van der Waals surface area (Å²) in [4.78, 5) is 38.4. The Morgan fingerprint density at radius 3 is 2.65 bits per heavy atom. The number of hydrogen-bond donors (Lipinski definition) is 2. The molecule has 2 fully saturated rings. The number of piperazine rings is 1. The number of anilines is 3. The van der Waals surface area contributed by atoms with Crippen LogP contribution in [0.5, 0.6) is 0 Å². The molecule has 13 heteroatoms. The molecule has 3 heterocycles. The minimum atomic E-state index is -4.65. The van der Waals surface area contributed by atoms with Gasteiger partial charge in [-0.05, 0) is 62.1 Å². The zero-order valence-corrected chi connectivity index (χ0v) is 22.2. The third-order valence-corrected chi connectivity index (χ3v) is 7.19. The second-order valence-electron chi connectivity index (χ2n) is 10.2. The molecule has 0 atom stereocenters. The van der Waals surface area contributed by atoms with E-state index in [4.69, 9.17) is 4.74 Å². The van der Waals surface area contributed by atoms with Gasteiger partial charge in [0.25, 0.3) is 5.91 Å². The van der Waals surface area contributed by atoms with Gasteiger partial charge in [-0.1, -0.05) is 0 Å². The van der Waals surface area contributed by atoms with Crippen LogP contribution >= 0.6 is 0 Å². The average molecular weight is 560 g/mol. The Hall–Kier alpha value is -3.87. The molecular weight excluding hydrogens is 527 g/mol. The number of carbonyl (C=O) groups is 2. The number of cyclic esters (lactones) is 1. The molecule has 0 spiro atoms. The maximum absolute atomic E-state index is 13.7. The van der Waals surface area contributed by atoms with Crippen molar-refractivity contribution in [3.8, 4) is 0 Å². The van der Waals surface area contributed by atoms with Crippen LogP contribution in [0.2, 0.25) is 0 Å². The summed E-state index contributed by atoms with van der Waals surface area (Å²) in [5.74, 6) is -0.0833. The molecule has 0 unspecified atom stereocenters. The molecule has 2 aromatic rings. The summed E-state index contributed by atoms with van der Waals surface area (Å²) in [5.41, 5.74) is 1.22. The van der Waals surface area contributed by atoms with E-state index in [1.165, 1.54) is 11.2 Å². The Labute approximate surface area is 230 Å². The quantitative estimate of drug-likeness (QED) is 0.439. The Morgan fingerprint density at radius 1 is 1.18 bits per heavy atom. The molecule has 1 aromatic heterocycles. The number of carbonyl (C=O) groups excluding carboxylic acids is 2. The van der Waals surface area contributed by atoms with Crippen LogP contribution in [-0.2, 0) is 10.9 Å². The normalized spacial score (nSPS) is 18.1. The van der Waals surface area contributed by atoms with Crippen LogP contribution in [0.3, 0.4) is 0 Å². The smallest absolute Gasteiger partial charge is 0.418 e. The zero-order valence-electron chi connectivity index (χ0n) is 22.2. The first kappa shape index (κ1) is 27.7. The fourth-order valence-electron chi connectivity index (χ4n) is 4.72. The Kier molecular flexibility index (Phi) is 8.10. The van der Waals surface area contributed by atoms with E-state index >= 15 is 0 Å².